The zero-order valence-corrected chi connectivity index (χ0v) is 14.8. The predicted molar refractivity (Wildman–Crippen MR) is 95.5 cm³/mol. The first kappa shape index (κ1) is 16.5. The number of hydrogen-bond acceptors (Lipinski definition) is 5. The summed E-state index contributed by atoms with van der Waals surface area (Å²) in [4.78, 5) is 23.1. The molecule has 5 nitrogen and oxygen atoms in total. The number of amides is 1. The molecule has 0 radical (unpaired) electrons. The quantitative estimate of drug-likeness (QED) is 0.843. The van der Waals surface area contributed by atoms with Gasteiger partial charge in [-0.3, -0.25) is 4.79 Å². The maximum absolute atomic E-state index is 12.7. The van der Waals surface area contributed by atoms with Gasteiger partial charge < -0.3 is 9.80 Å². The second-order valence-corrected chi connectivity index (χ2v) is 7.23. The van der Waals surface area contributed by atoms with Crippen molar-refractivity contribution in [3.63, 3.8) is 0 Å². The Balaban J connectivity index is 1.73. The Kier molecular flexibility index (Phi) is 4.81. The molecular weight excluding hydrogens is 320 g/mol. The number of aromatic nitrogens is 1. The van der Waals surface area contributed by atoms with Crippen LogP contribution in [-0.4, -0.2) is 42.0 Å². The van der Waals surface area contributed by atoms with Crippen molar-refractivity contribution < 1.29 is 4.79 Å². The number of hydrogen-bond donors (Lipinski definition) is 0. The van der Waals surface area contributed by atoms with Crippen molar-refractivity contribution in [1.29, 1.82) is 5.26 Å². The molecule has 3 rings (SSSR count). The first-order valence-electron chi connectivity index (χ1n) is 8.06. The van der Waals surface area contributed by atoms with Gasteiger partial charge in [0, 0.05) is 37.3 Å². The number of aryl methyl sites for hydroxylation is 2. The molecule has 0 N–H and O–H groups in total. The van der Waals surface area contributed by atoms with Crippen LogP contribution in [0.5, 0.6) is 0 Å². The highest BCUT2D eigenvalue weighted by Crippen LogP contribution is 2.23. The van der Waals surface area contributed by atoms with Gasteiger partial charge in [0.05, 0.1) is 10.4 Å². The van der Waals surface area contributed by atoms with Crippen LogP contribution in [0.4, 0.5) is 5.82 Å². The monoisotopic (exact) mass is 340 g/mol. The van der Waals surface area contributed by atoms with Crippen molar-refractivity contribution in [2.24, 2.45) is 0 Å². The SMILES string of the molecule is Cc1cc(C(=O)N2CCCN(c3ncccc3C#N)CC2)sc1C. The van der Waals surface area contributed by atoms with Crippen LogP contribution >= 0.6 is 11.3 Å². The summed E-state index contributed by atoms with van der Waals surface area (Å²) in [6, 6.07) is 7.74. The molecule has 1 amide bonds. The summed E-state index contributed by atoms with van der Waals surface area (Å²) in [5, 5.41) is 9.26. The Morgan fingerprint density at radius 1 is 1.29 bits per heavy atom. The van der Waals surface area contributed by atoms with E-state index in [2.05, 4.69) is 16.0 Å². The standard InChI is InChI=1S/C18H20N4OS/c1-13-11-16(24-14(13)2)18(23)22-8-4-7-21(9-10-22)17-15(12-19)5-3-6-20-17/h3,5-6,11H,4,7-10H2,1-2H3. The molecule has 6 heteroatoms. The highest BCUT2D eigenvalue weighted by molar-refractivity contribution is 7.14. The Bertz CT molecular complexity index is 773. The second-order valence-electron chi connectivity index (χ2n) is 5.97. The summed E-state index contributed by atoms with van der Waals surface area (Å²) in [6.45, 7) is 6.97. The van der Waals surface area contributed by atoms with E-state index in [-0.39, 0.29) is 5.91 Å². The summed E-state index contributed by atoms with van der Waals surface area (Å²) in [5.74, 6) is 0.830. The van der Waals surface area contributed by atoms with Crippen molar-refractivity contribution in [2.45, 2.75) is 20.3 Å². The van der Waals surface area contributed by atoms with E-state index in [0.717, 1.165) is 30.2 Å². The molecule has 0 bridgehead atoms. The first-order valence-corrected chi connectivity index (χ1v) is 8.88. The van der Waals surface area contributed by atoms with Gasteiger partial charge in [-0.25, -0.2) is 4.98 Å². The van der Waals surface area contributed by atoms with Gasteiger partial charge in [0.15, 0.2) is 0 Å². The zero-order valence-electron chi connectivity index (χ0n) is 14.0. The van der Waals surface area contributed by atoms with Crippen LogP contribution in [0.25, 0.3) is 0 Å². The summed E-state index contributed by atoms with van der Waals surface area (Å²) >= 11 is 1.57. The molecule has 0 unspecified atom stereocenters. The smallest absolute Gasteiger partial charge is 0.263 e. The number of pyridine rings is 1. The van der Waals surface area contributed by atoms with E-state index >= 15 is 0 Å². The molecule has 2 aromatic heterocycles. The van der Waals surface area contributed by atoms with Gasteiger partial charge >= 0.3 is 0 Å². The van der Waals surface area contributed by atoms with E-state index in [1.54, 1.807) is 29.7 Å². The molecule has 0 saturated carbocycles. The number of carbonyl (C=O) groups is 1. The fraction of sp³-hybridized carbons (Fsp3) is 0.389. The first-order chi connectivity index (χ1) is 11.6. The summed E-state index contributed by atoms with van der Waals surface area (Å²) in [7, 11) is 0. The second kappa shape index (κ2) is 7.02. The number of thiophene rings is 1. The third kappa shape index (κ3) is 3.26. The largest absolute Gasteiger partial charge is 0.354 e. The Labute approximate surface area is 146 Å². The van der Waals surface area contributed by atoms with Crippen LogP contribution in [0.3, 0.4) is 0 Å². The molecule has 124 valence electrons. The lowest BCUT2D eigenvalue weighted by Gasteiger charge is -2.23. The van der Waals surface area contributed by atoms with Crippen molar-refractivity contribution in [3.8, 4) is 6.07 Å². The van der Waals surface area contributed by atoms with Crippen molar-refractivity contribution in [2.75, 3.05) is 31.1 Å². The molecule has 0 atom stereocenters. The van der Waals surface area contributed by atoms with E-state index < -0.39 is 0 Å². The van der Waals surface area contributed by atoms with Gasteiger partial charge in [0.2, 0.25) is 0 Å². The molecule has 24 heavy (non-hydrogen) atoms. The highest BCUT2D eigenvalue weighted by atomic mass is 32.1. The normalized spacial score (nSPS) is 15.0. The van der Waals surface area contributed by atoms with Gasteiger partial charge in [-0.2, -0.15) is 5.26 Å². The number of nitrogens with zero attached hydrogens (tertiary/aromatic N) is 4. The Hall–Kier alpha value is -2.39. The van der Waals surface area contributed by atoms with Crippen LogP contribution in [0.1, 0.15) is 32.1 Å². The van der Waals surface area contributed by atoms with Crippen LogP contribution in [-0.2, 0) is 0 Å². The summed E-state index contributed by atoms with van der Waals surface area (Å²) in [6.07, 6.45) is 2.58. The van der Waals surface area contributed by atoms with Crippen molar-refractivity contribution in [1.82, 2.24) is 9.88 Å². The van der Waals surface area contributed by atoms with Crippen molar-refractivity contribution >= 4 is 23.1 Å². The van der Waals surface area contributed by atoms with Gasteiger partial charge in [-0.1, -0.05) is 0 Å². The zero-order chi connectivity index (χ0) is 17.1. The molecule has 1 saturated heterocycles. The van der Waals surface area contributed by atoms with Gasteiger partial charge in [-0.05, 0) is 44.0 Å². The maximum atomic E-state index is 12.7. The molecule has 1 fully saturated rings. The minimum atomic E-state index is 0.111. The molecule has 0 spiro atoms. The average molecular weight is 340 g/mol. The summed E-state index contributed by atoms with van der Waals surface area (Å²) < 4.78 is 0. The van der Waals surface area contributed by atoms with E-state index in [9.17, 15) is 10.1 Å². The number of rotatable bonds is 2. The predicted octanol–water partition coefficient (Wildman–Crippen LogP) is 2.98. The van der Waals surface area contributed by atoms with Crippen LogP contribution in [0.2, 0.25) is 0 Å². The van der Waals surface area contributed by atoms with E-state index in [4.69, 9.17) is 0 Å². The molecule has 3 heterocycles. The van der Waals surface area contributed by atoms with Crippen LogP contribution in [0.15, 0.2) is 24.4 Å². The number of anilines is 1. The average Bonchev–Trinajstić information content (AvgIpc) is 2.80. The van der Waals surface area contributed by atoms with Gasteiger partial charge in [0.1, 0.15) is 11.9 Å². The molecule has 2 aromatic rings. The fourth-order valence-corrected chi connectivity index (χ4v) is 3.90. The maximum Gasteiger partial charge on any atom is 0.263 e. The number of nitriles is 1. The molecule has 0 aliphatic carbocycles. The van der Waals surface area contributed by atoms with Crippen LogP contribution in [0, 0.1) is 25.2 Å². The molecule has 1 aliphatic heterocycles. The highest BCUT2D eigenvalue weighted by Gasteiger charge is 2.23. The van der Waals surface area contributed by atoms with Crippen molar-refractivity contribution in [3.05, 3.63) is 45.3 Å². The molecule has 0 aromatic carbocycles. The summed E-state index contributed by atoms with van der Waals surface area (Å²) in [5.41, 5.74) is 1.76. The lowest BCUT2D eigenvalue weighted by atomic mass is 10.2. The Morgan fingerprint density at radius 3 is 2.83 bits per heavy atom. The third-order valence-electron chi connectivity index (χ3n) is 4.37. The van der Waals surface area contributed by atoms with E-state index in [1.807, 2.05) is 24.8 Å². The van der Waals surface area contributed by atoms with Gasteiger partial charge in [0.25, 0.3) is 5.91 Å². The lowest BCUT2D eigenvalue weighted by Crippen LogP contribution is -2.35. The number of carbonyl (C=O) groups excluding carboxylic acids is 1. The lowest BCUT2D eigenvalue weighted by molar-refractivity contribution is 0.0772. The molecular formula is C18H20N4OS. The van der Waals surface area contributed by atoms with E-state index in [0.29, 0.717) is 18.7 Å². The van der Waals surface area contributed by atoms with Gasteiger partial charge in [-0.15, -0.1) is 11.3 Å². The topological polar surface area (TPSA) is 60.2 Å². The molecule has 1 aliphatic rings. The van der Waals surface area contributed by atoms with Crippen LogP contribution < -0.4 is 4.90 Å². The van der Waals surface area contributed by atoms with E-state index in [1.165, 1.54) is 10.4 Å². The minimum absolute atomic E-state index is 0.111. The Morgan fingerprint density at radius 2 is 2.12 bits per heavy atom. The third-order valence-corrected chi connectivity index (χ3v) is 5.51. The fourth-order valence-electron chi connectivity index (χ4n) is 2.90. The minimum Gasteiger partial charge on any atom is -0.354 e.